The summed E-state index contributed by atoms with van der Waals surface area (Å²) in [6.07, 6.45) is 1.51. The Hall–Kier alpha value is -2.75. The van der Waals surface area contributed by atoms with Crippen LogP contribution >= 0.6 is 0 Å². The molecule has 19 heavy (non-hydrogen) atoms. The van der Waals surface area contributed by atoms with E-state index in [4.69, 9.17) is 4.42 Å². The molecule has 1 heterocycles. The van der Waals surface area contributed by atoms with Crippen molar-refractivity contribution in [2.24, 2.45) is 0 Å². The molecule has 0 bridgehead atoms. The summed E-state index contributed by atoms with van der Waals surface area (Å²) < 4.78 is 5.40. The second-order valence-electron chi connectivity index (χ2n) is 4.26. The molecular weight excluding hydrogens is 244 g/mol. The number of phenolic OH excluding ortho intramolecular Hbond substituents is 3. The van der Waals surface area contributed by atoms with Crippen molar-refractivity contribution in [2.45, 2.75) is 0 Å². The van der Waals surface area contributed by atoms with Crippen LogP contribution in [-0.4, -0.2) is 15.3 Å². The maximum atomic E-state index is 9.81. The van der Waals surface area contributed by atoms with Crippen LogP contribution in [0, 0.1) is 0 Å². The average Bonchev–Trinajstić information content (AvgIpc) is 2.38. The molecule has 0 aliphatic heterocycles. The molecule has 4 nitrogen and oxygen atoms in total. The predicted octanol–water partition coefficient (Wildman–Crippen LogP) is 3.50. The topological polar surface area (TPSA) is 72.0 Å². The summed E-state index contributed by atoms with van der Waals surface area (Å²) in [5, 5.41) is 29.2. The lowest BCUT2D eigenvalue weighted by atomic mass is 10.1. The fourth-order valence-electron chi connectivity index (χ4n) is 1.99. The largest absolute Gasteiger partial charge is 0.508 e. The van der Waals surface area contributed by atoms with Crippen LogP contribution in [0.15, 0.2) is 53.1 Å². The molecule has 3 aromatic rings. The molecule has 0 unspecified atom stereocenters. The molecule has 0 saturated heterocycles. The summed E-state index contributed by atoms with van der Waals surface area (Å²) in [5.74, 6) is 0.0483. The average molecular weight is 255 g/mol. The van der Waals surface area contributed by atoms with E-state index in [0.29, 0.717) is 11.0 Å². The molecule has 0 atom stereocenters. The number of rotatable bonds is 1. The van der Waals surface area contributed by atoms with Gasteiger partial charge in [-0.25, -0.2) is 4.42 Å². The summed E-state index contributed by atoms with van der Waals surface area (Å²) in [6.45, 7) is 0. The number of benzene rings is 2. The molecule has 0 radical (unpaired) electrons. The van der Waals surface area contributed by atoms with Gasteiger partial charge in [0, 0.05) is 6.07 Å². The van der Waals surface area contributed by atoms with E-state index < -0.39 is 0 Å². The number of hydrogen-bond acceptors (Lipinski definition) is 3. The zero-order chi connectivity index (χ0) is 13.4. The van der Waals surface area contributed by atoms with Gasteiger partial charge in [-0.05, 0) is 23.8 Å². The number of aromatic hydroxyl groups is 3. The monoisotopic (exact) mass is 255 g/mol. The fraction of sp³-hybridized carbons (Fsp3) is 0. The van der Waals surface area contributed by atoms with Crippen LogP contribution in [0.1, 0.15) is 0 Å². The maximum absolute atomic E-state index is 9.81. The third-order valence-corrected chi connectivity index (χ3v) is 2.90. The van der Waals surface area contributed by atoms with Crippen molar-refractivity contribution in [3.63, 3.8) is 0 Å². The first-order chi connectivity index (χ1) is 9.13. The first-order valence-corrected chi connectivity index (χ1v) is 5.70. The molecule has 94 valence electrons. The Morgan fingerprint density at radius 1 is 0.789 bits per heavy atom. The van der Waals surface area contributed by atoms with Crippen molar-refractivity contribution < 1.29 is 19.7 Å². The van der Waals surface area contributed by atoms with Crippen molar-refractivity contribution in [2.75, 3.05) is 0 Å². The lowest BCUT2D eigenvalue weighted by Crippen LogP contribution is -1.80. The third kappa shape index (κ3) is 2.04. The lowest BCUT2D eigenvalue weighted by Gasteiger charge is -2.00. The van der Waals surface area contributed by atoms with Crippen molar-refractivity contribution >= 4 is 11.0 Å². The van der Waals surface area contributed by atoms with Crippen LogP contribution in [0.3, 0.4) is 0 Å². The van der Waals surface area contributed by atoms with Crippen molar-refractivity contribution in [1.82, 2.24) is 0 Å². The smallest absolute Gasteiger partial charge is 0.367 e. The number of fused-ring (bicyclic) bond motifs is 1. The Kier molecular flexibility index (Phi) is 2.49. The Morgan fingerprint density at radius 3 is 2.42 bits per heavy atom. The van der Waals surface area contributed by atoms with E-state index in [1.165, 1.54) is 18.4 Å². The van der Waals surface area contributed by atoms with Gasteiger partial charge >= 0.3 is 11.8 Å². The zero-order valence-corrected chi connectivity index (χ0v) is 9.87. The molecule has 0 amide bonds. The quantitative estimate of drug-likeness (QED) is 0.582. The third-order valence-electron chi connectivity index (χ3n) is 2.90. The van der Waals surface area contributed by atoms with Gasteiger partial charge in [0.25, 0.3) is 0 Å². The van der Waals surface area contributed by atoms with E-state index in [-0.39, 0.29) is 17.2 Å². The Bertz CT molecular complexity index is 765. The van der Waals surface area contributed by atoms with Gasteiger partial charge in [-0.1, -0.05) is 12.1 Å². The van der Waals surface area contributed by atoms with Crippen molar-refractivity contribution in [3.8, 4) is 28.4 Å². The molecule has 1 aromatic heterocycles. The van der Waals surface area contributed by atoms with Crippen molar-refractivity contribution in [1.29, 1.82) is 0 Å². The maximum Gasteiger partial charge on any atom is 0.367 e. The van der Waals surface area contributed by atoms with E-state index in [1.807, 2.05) is 6.07 Å². The molecule has 0 fully saturated rings. The first-order valence-electron chi connectivity index (χ1n) is 5.70. The highest BCUT2D eigenvalue weighted by molar-refractivity contribution is 5.88. The molecule has 3 rings (SSSR count). The molecule has 4 heteroatoms. The fourth-order valence-corrected chi connectivity index (χ4v) is 1.99. The molecule has 0 saturated carbocycles. The lowest BCUT2D eigenvalue weighted by molar-refractivity contribution is 0.452. The van der Waals surface area contributed by atoms with Gasteiger partial charge in [-0.3, -0.25) is 0 Å². The van der Waals surface area contributed by atoms with Gasteiger partial charge in [-0.15, -0.1) is 0 Å². The van der Waals surface area contributed by atoms with Crippen LogP contribution < -0.4 is 0 Å². The van der Waals surface area contributed by atoms with E-state index in [0.717, 1.165) is 11.1 Å². The summed E-state index contributed by atoms with van der Waals surface area (Å²) >= 11 is 0. The highest BCUT2D eigenvalue weighted by Gasteiger charge is 2.15. The SMILES string of the molecule is Oc1cccc(-c2c[o+]c3cc(O)cc(O)c3c2)c1. The molecule has 3 N–H and O–H groups in total. The Morgan fingerprint density at radius 2 is 1.63 bits per heavy atom. The van der Waals surface area contributed by atoms with Crippen LogP contribution in [0.4, 0.5) is 0 Å². The van der Waals surface area contributed by atoms with E-state index in [9.17, 15) is 15.3 Å². The van der Waals surface area contributed by atoms with Gasteiger partial charge < -0.3 is 15.3 Å². The summed E-state index contributed by atoms with van der Waals surface area (Å²) in [4.78, 5) is 0. The van der Waals surface area contributed by atoms with Crippen LogP contribution in [-0.2, 0) is 0 Å². The summed E-state index contributed by atoms with van der Waals surface area (Å²) in [5.41, 5.74) is 1.89. The second kappa shape index (κ2) is 4.17. The van der Waals surface area contributed by atoms with Crippen LogP contribution in [0.5, 0.6) is 17.2 Å². The van der Waals surface area contributed by atoms with Crippen molar-refractivity contribution in [3.05, 3.63) is 48.7 Å². The van der Waals surface area contributed by atoms with Crippen LogP contribution in [0.2, 0.25) is 0 Å². The molecular formula is C15H11O4+. The van der Waals surface area contributed by atoms with Gasteiger partial charge in [-0.2, -0.15) is 0 Å². The molecule has 0 aliphatic carbocycles. The highest BCUT2D eigenvalue weighted by atomic mass is 16.3. The molecule has 2 aromatic carbocycles. The normalized spacial score (nSPS) is 10.7. The minimum Gasteiger partial charge on any atom is -0.508 e. The summed E-state index contributed by atoms with van der Waals surface area (Å²) in [7, 11) is 0. The van der Waals surface area contributed by atoms with Gasteiger partial charge in [0.15, 0.2) is 0 Å². The molecule has 0 spiro atoms. The standard InChI is InChI=1S/C15H10O4/c16-11-3-1-2-9(4-11)10-5-13-14(18)6-12(17)7-15(13)19-8-10/h1-8H,(H2-,16,17,18)/p+1. The van der Waals surface area contributed by atoms with Gasteiger partial charge in [0.1, 0.15) is 22.6 Å². The minimum atomic E-state index is -0.0566. The Labute approximate surface area is 108 Å². The van der Waals surface area contributed by atoms with Gasteiger partial charge in [0.05, 0.1) is 11.6 Å². The van der Waals surface area contributed by atoms with E-state index >= 15 is 0 Å². The van der Waals surface area contributed by atoms with Gasteiger partial charge in [0.2, 0.25) is 0 Å². The number of phenols is 3. The zero-order valence-electron chi connectivity index (χ0n) is 9.87. The second-order valence-corrected chi connectivity index (χ2v) is 4.26. The van der Waals surface area contributed by atoms with Crippen LogP contribution in [0.25, 0.3) is 22.1 Å². The number of hydrogen-bond donors (Lipinski definition) is 3. The summed E-state index contributed by atoms with van der Waals surface area (Å²) in [6, 6.07) is 11.2. The predicted molar refractivity (Wildman–Crippen MR) is 71.1 cm³/mol. The van der Waals surface area contributed by atoms with E-state index in [1.54, 1.807) is 24.3 Å². The first kappa shape index (κ1) is 11.3. The molecule has 0 aliphatic rings. The minimum absolute atomic E-state index is 0.0549. The van der Waals surface area contributed by atoms with E-state index in [2.05, 4.69) is 0 Å². The highest BCUT2D eigenvalue weighted by Crippen LogP contribution is 2.33. The Balaban J connectivity index is 2.22.